The standard InChI is InChI=1S/C15H14N2O3S/c1-11(18)13-3-2-4-15(9-13)21(19,20)17-14-7-5-12(10-16)6-8-14/h2-9,11,17-18H,1H3. The molecule has 0 bridgehead atoms. The van der Waals surface area contributed by atoms with Gasteiger partial charge in [-0.2, -0.15) is 5.26 Å². The van der Waals surface area contributed by atoms with E-state index >= 15 is 0 Å². The fourth-order valence-corrected chi connectivity index (χ4v) is 2.88. The number of hydrogen-bond donors (Lipinski definition) is 2. The molecular weight excluding hydrogens is 288 g/mol. The molecule has 0 spiro atoms. The Hall–Kier alpha value is -2.36. The van der Waals surface area contributed by atoms with E-state index in [9.17, 15) is 13.5 Å². The lowest BCUT2D eigenvalue weighted by molar-refractivity contribution is 0.199. The third-order valence-corrected chi connectivity index (χ3v) is 4.30. The fraction of sp³-hybridized carbons (Fsp3) is 0.133. The highest BCUT2D eigenvalue weighted by Gasteiger charge is 2.15. The smallest absolute Gasteiger partial charge is 0.261 e. The molecule has 2 rings (SSSR count). The molecule has 1 unspecified atom stereocenters. The number of aliphatic hydroxyl groups is 1. The number of sulfonamides is 1. The Balaban J connectivity index is 2.29. The van der Waals surface area contributed by atoms with Crippen LogP contribution in [0.25, 0.3) is 0 Å². The van der Waals surface area contributed by atoms with Gasteiger partial charge in [0.05, 0.1) is 22.6 Å². The molecule has 2 N–H and O–H groups in total. The molecule has 0 aliphatic carbocycles. The van der Waals surface area contributed by atoms with Gasteiger partial charge in [-0.3, -0.25) is 4.72 Å². The van der Waals surface area contributed by atoms with Gasteiger partial charge in [0.15, 0.2) is 0 Å². The summed E-state index contributed by atoms with van der Waals surface area (Å²) in [4.78, 5) is 0.0743. The van der Waals surface area contributed by atoms with Crippen molar-refractivity contribution in [2.45, 2.75) is 17.9 Å². The van der Waals surface area contributed by atoms with Crippen LogP contribution in [-0.2, 0) is 10.0 Å². The molecule has 1 atom stereocenters. The first-order valence-corrected chi connectivity index (χ1v) is 7.72. The quantitative estimate of drug-likeness (QED) is 0.907. The maximum atomic E-state index is 12.3. The second kappa shape index (κ2) is 5.95. The Bertz CT molecular complexity index is 775. The van der Waals surface area contributed by atoms with Crippen LogP contribution in [0, 0.1) is 11.3 Å². The van der Waals surface area contributed by atoms with E-state index in [-0.39, 0.29) is 4.90 Å². The molecule has 2 aromatic carbocycles. The topological polar surface area (TPSA) is 90.2 Å². The molecule has 108 valence electrons. The van der Waals surface area contributed by atoms with Crippen LogP contribution in [0.2, 0.25) is 0 Å². The Morgan fingerprint density at radius 2 is 1.86 bits per heavy atom. The average molecular weight is 302 g/mol. The molecule has 0 saturated carbocycles. The van der Waals surface area contributed by atoms with Crippen molar-refractivity contribution in [2.24, 2.45) is 0 Å². The zero-order chi connectivity index (χ0) is 15.5. The fourth-order valence-electron chi connectivity index (χ4n) is 1.77. The Morgan fingerprint density at radius 1 is 1.19 bits per heavy atom. The lowest BCUT2D eigenvalue weighted by Gasteiger charge is -2.10. The molecule has 0 amide bonds. The van der Waals surface area contributed by atoms with E-state index in [2.05, 4.69) is 4.72 Å². The molecule has 0 aromatic heterocycles. The van der Waals surface area contributed by atoms with E-state index in [0.717, 1.165) is 0 Å². The Morgan fingerprint density at radius 3 is 2.43 bits per heavy atom. The number of nitrogens with zero attached hydrogens (tertiary/aromatic N) is 1. The van der Waals surface area contributed by atoms with Gasteiger partial charge < -0.3 is 5.11 Å². The van der Waals surface area contributed by atoms with Crippen LogP contribution in [0.3, 0.4) is 0 Å². The van der Waals surface area contributed by atoms with Gasteiger partial charge in [-0.15, -0.1) is 0 Å². The minimum Gasteiger partial charge on any atom is -0.389 e. The second-order valence-corrected chi connectivity index (χ2v) is 6.23. The van der Waals surface area contributed by atoms with E-state index < -0.39 is 16.1 Å². The number of hydrogen-bond acceptors (Lipinski definition) is 4. The van der Waals surface area contributed by atoms with Crippen LogP contribution in [0.4, 0.5) is 5.69 Å². The SMILES string of the molecule is CC(O)c1cccc(S(=O)(=O)Nc2ccc(C#N)cc2)c1. The molecule has 0 radical (unpaired) electrons. The van der Waals surface area contributed by atoms with Crippen molar-refractivity contribution in [1.82, 2.24) is 0 Å². The van der Waals surface area contributed by atoms with Crippen LogP contribution in [0.15, 0.2) is 53.4 Å². The first-order chi connectivity index (χ1) is 9.92. The van der Waals surface area contributed by atoms with Gasteiger partial charge in [0.1, 0.15) is 0 Å². The first kappa shape index (κ1) is 15.0. The van der Waals surface area contributed by atoms with Crippen molar-refractivity contribution in [3.8, 4) is 6.07 Å². The van der Waals surface area contributed by atoms with Crippen LogP contribution in [-0.4, -0.2) is 13.5 Å². The zero-order valence-corrected chi connectivity index (χ0v) is 12.1. The third kappa shape index (κ3) is 3.60. The van der Waals surface area contributed by atoms with Crippen LogP contribution in [0.1, 0.15) is 24.2 Å². The largest absolute Gasteiger partial charge is 0.389 e. The number of nitriles is 1. The first-order valence-electron chi connectivity index (χ1n) is 6.23. The molecule has 0 fully saturated rings. The number of benzene rings is 2. The van der Waals surface area contributed by atoms with Crippen molar-refractivity contribution < 1.29 is 13.5 Å². The number of anilines is 1. The molecule has 0 aliphatic heterocycles. The van der Waals surface area contributed by atoms with Crippen molar-refractivity contribution in [1.29, 1.82) is 5.26 Å². The maximum absolute atomic E-state index is 12.3. The van der Waals surface area contributed by atoms with Crippen molar-refractivity contribution in [3.63, 3.8) is 0 Å². The van der Waals surface area contributed by atoms with E-state index in [1.807, 2.05) is 6.07 Å². The molecule has 6 heteroatoms. The number of rotatable bonds is 4. The predicted octanol–water partition coefficient (Wildman–Crippen LogP) is 2.41. The van der Waals surface area contributed by atoms with Gasteiger partial charge in [-0.05, 0) is 48.9 Å². The molecule has 21 heavy (non-hydrogen) atoms. The summed E-state index contributed by atoms with van der Waals surface area (Å²) < 4.78 is 27.0. The minimum atomic E-state index is -3.73. The third-order valence-electron chi connectivity index (χ3n) is 2.92. The summed E-state index contributed by atoms with van der Waals surface area (Å²) in [7, 11) is -3.73. The summed E-state index contributed by atoms with van der Waals surface area (Å²) in [6.45, 7) is 1.57. The molecule has 0 heterocycles. The molecule has 0 aliphatic rings. The van der Waals surface area contributed by atoms with Crippen molar-refractivity contribution in [2.75, 3.05) is 4.72 Å². The molecule has 0 saturated heterocycles. The van der Waals surface area contributed by atoms with Gasteiger partial charge in [-0.1, -0.05) is 12.1 Å². The average Bonchev–Trinajstić information content (AvgIpc) is 2.48. The summed E-state index contributed by atoms with van der Waals surface area (Å²) in [6, 6.07) is 14.2. The lowest BCUT2D eigenvalue weighted by Crippen LogP contribution is -2.13. The summed E-state index contributed by atoms with van der Waals surface area (Å²) in [6.07, 6.45) is -0.741. The summed E-state index contributed by atoms with van der Waals surface area (Å²) in [5.74, 6) is 0. The van der Waals surface area contributed by atoms with E-state index in [4.69, 9.17) is 5.26 Å². The van der Waals surface area contributed by atoms with Gasteiger partial charge in [0.2, 0.25) is 0 Å². The van der Waals surface area contributed by atoms with Crippen LogP contribution >= 0.6 is 0 Å². The Labute approximate surface area is 123 Å². The minimum absolute atomic E-state index is 0.0743. The van der Waals surface area contributed by atoms with Gasteiger partial charge >= 0.3 is 0 Å². The van der Waals surface area contributed by atoms with Crippen LogP contribution in [0.5, 0.6) is 0 Å². The Kier molecular flexibility index (Phi) is 4.26. The van der Waals surface area contributed by atoms with E-state index in [1.54, 1.807) is 19.1 Å². The normalized spacial score (nSPS) is 12.4. The van der Waals surface area contributed by atoms with Crippen LogP contribution < -0.4 is 4.72 Å². The molecule has 5 nitrogen and oxygen atoms in total. The highest BCUT2D eigenvalue weighted by atomic mass is 32.2. The van der Waals surface area contributed by atoms with Gasteiger partial charge in [0, 0.05) is 5.69 Å². The summed E-state index contributed by atoms with van der Waals surface area (Å²) in [5.41, 5.74) is 1.35. The lowest BCUT2D eigenvalue weighted by atomic mass is 10.1. The second-order valence-electron chi connectivity index (χ2n) is 4.54. The van der Waals surface area contributed by atoms with E-state index in [1.165, 1.54) is 36.4 Å². The zero-order valence-electron chi connectivity index (χ0n) is 11.3. The number of aliphatic hydroxyl groups excluding tert-OH is 1. The summed E-state index contributed by atoms with van der Waals surface area (Å²) in [5, 5.41) is 18.2. The van der Waals surface area contributed by atoms with Crippen molar-refractivity contribution >= 4 is 15.7 Å². The van der Waals surface area contributed by atoms with E-state index in [0.29, 0.717) is 16.8 Å². The highest BCUT2D eigenvalue weighted by molar-refractivity contribution is 7.92. The van der Waals surface area contributed by atoms with Gasteiger partial charge in [-0.25, -0.2) is 8.42 Å². The van der Waals surface area contributed by atoms with Crippen molar-refractivity contribution in [3.05, 3.63) is 59.7 Å². The molecule has 2 aromatic rings. The monoisotopic (exact) mass is 302 g/mol. The van der Waals surface area contributed by atoms with Gasteiger partial charge in [0.25, 0.3) is 10.0 Å². The molecular formula is C15H14N2O3S. The number of nitrogens with one attached hydrogen (secondary N) is 1. The maximum Gasteiger partial charge on any atom is 0.261 e. The predicted molar refractivity (Wildman–Crippen MR) is 79.0 cm³/mol. The highest BCUT2D eigenvalue weighted by Crippen LogP contribution is 2.20. The summed E-state index contributed by atoms with van der Waals surface area (Å²) >= 11 is 0.